The summed E-state index contributed by atoms with van der Waals surface area (Å²) in [6.45, 7) is 6.15. The van der Waals surface area contributed by atoms with Gasteiger partial charge in [-0.25, -0.2) is 4.98 Å². The monoisotopic (exact) mass is 336 g/mol. The Morgan fingerprint density at radius 3 is 2.90 bits per heavy atom. The highest BCUT2D eigenvalue weighted by Crippen LogP contribution is 2.32. The Morgan fingerprint density at radius 2 is 2.14 bits per heavy atom. The van der Waals surface area contributed by atoms with E-state index in [1.807, 2.05) is 18.7 Å². The highest BCUT2D eigenvalue weighted by atomic mass is 35.5. The molecule has 7 heteroatoms. The maximum absolute atomic E-state index is 10.6. The summed E-state index contributed by atoms with van der Waals surface area (Å²) in [5.41, 5.74) is -0.397. The molecule has 3 rings (SSSR count). The second-order valence-corrected chi connectivity index (χ2v) is 5.96. The lowest BCUT2D eigenvalue weighted by Crippen LogP contribution is -2.59. The molecule has 0 amide bonds. The molecule has 0 unspecified atom stereocenters. The summed E-state index contributed by atoms with van der Waals surface area (Å²) in [4.78, 5) is 6.56. The minimum Gasteiger partial charge on any atom is -0.389 e. The molecule has 0 aliphatic carbocycles. The lowest BCUT2D eigenvalue weighted by Gasteiger charge is -2.47. The van der Waals surface area contributed by atoms with Crippen LogP contribution >= 0.6 is 24.8 Å². The predicted molar refractivity (Wildman–Crippen MR) is 88.3 cm³/mol. The number of aryl methyl sites for hydroxylation is 1. The summed E-state index contributed by atoms with van der Waals surface area (Å²) in [6, 6.07) is 0. The number of halogens is 2. The maximum Gasteiger partial charge on any atom is 0.0945 e. The van der Waals surface area contributed by atoms with Crippen LogP contribution in [0, 0.1) is 5.92 Å². The zero-order chi connectivity index (χ0) is 13.1. The Balaban J connectivity index is 0.00000110. The number of imidazole rings is 1. The van der Waals surface area contributed by atoms with E-state index in [4.69, 9.17) is 0 Å². The van der Waals surface area contributed by atoms with Gasteiger partial charge in [0.2, 0.25) is 0 Å². The number of hydrogen-bond acceptors (Lipinski definition) is 4. The number of aromatic nitrogens is 2. The first-order chi connectivity index (χ1) is 9.26. The Bertz CT molecular complexity index is 404. The molecule has 2 atom stereocenters. The van der Waals surface area contributed by atoms with Gasteiger partial charge in [-0.1, -0.05) is 0 Å². The lowest BCUT2D eigenvalue weighted by atomic mass is 9.76. The third-order valence-electron chi connectivity index (χ3n) is 4.67. The molecule has 2 saturated heterocycles. The zero-order valence-corrected chi connectivity index (χ0v) is 13.9. The van der Waals surface area contributed by atoms with Crippen molar-refractivity contribution < 1.29 is 5.11 Å². The topological polar surface area (TPSA) is 53.3 Å². The number of aliphatic hydroxyl groups is 1. The first-order valence-electron chi connectivity index (χ1n) is 7.37. The molecule has 0 saturated carbocycles. The fourth-order valence-corrected chi connectivity index (χ4v) is 3.39. The van der Waals surface area contributed by atoms with Crippen molar-refractivity contribution in [1.29, 1.82) is 0 Å². The average molecular weight is 337 g/mol. The first kappa shape index (κ1) is 18.7. The van der Waals surface area contributed by atoms with E-state index in [9.17, 15) is 5.11 Å². The normalized spacial score (nSPS) is 29.1. The standard InChI is InChI=1S/C14H24N4O.2ClH/c19-14-2-4-15-10-13(14)11-17(8-3-14)6-1-7-18-9-5-16-12-18;;/h5,9,12-13,15,19H,1-4,6-8,10-11H2;2*1H/t13-,14-;;/m0../s1. The third-order valence-corrected chi connectivity index (χ3v) is 4.67. The van der Waals surface area contributed by atoms with E-state index in [1.54, 1.807) is 0 Å². The highest BCUT2D eigenvalue weighted by molar-refractivity contribution is 5.85. The number of rotatable bonds is 4. The van der Waals surface area contributed by atoms with E-state index >= 15 is 0 Å². The van der Waals surface area contributed by atoms with Crippen molar-refractivity contribution in [3.05, 3.63) is 18.7 Å². The van der Waals surface area contributed by atoms with Crippen LogP contribution < -0.4 is 5.32 Å². The quantitative estimate of drug-likeness (QED) is 0.866. The van der Waals surface area contributed by atoms with E-state index in [2.05, 4.69) is 19.8 Å². The average Bonchev–Trinajstić information content (AvgIpc) is 2.92. The van der Waals surface area contributed by atoms with Gasteiger partial charge in [-0.15, -0.1) is 24.8 Å². The van der Waals surface area contributed by atoms with Gasteiger partial charge >= 0.3 is 0 Å². The summed E-state index contributed by atoms with van der Waals surface area (Å²) in [5.74, 6) is 0.406. The van der Waals surface area contributed by atoms with Gasteiger partial charge in [0, 0.05) is 44.5 Å². The van der Waals surface area contributed by atoms with Crippen LogP contribution in [-0.4, -0.2) is 57.9 Å². The van der Waals surface area contributed by atoms with Crippen LogP contribution in [0.3, 0.4) is 0 Å². The van der Waals surface area contributed by atoms with Crippen LogP contribution in [0.25, 0.3) is 0 Å². The van der Waals surface area contributed by atoms with Crippen molar-refractivity contribution in [2.75, 3.05) is 32.7 Å². The Hall–Kier alpha value is -0.330. The molecule has 0 bridgehead atoms. The lowest BCUT2D eigenvalue weighted by molar-refractivity contribution is -0.0885. The summed E-state index contributed by atoms with van der Waals surface area (Å²) in [7, 11) is 0. The molecule has 21 heavy (non-hydrogen) atoms. The minimum atomic E-state index is -0.397. The summed E-state index contributed by atoms with van der Waals surface area (Å²) in [6.07, 6.45) is 8.72. The van der Waals surface area contributed by atoms with Crippen LogP contribution in [0.1, 0.15) is 19.3 Å². The van der Waals surface area contributed by atoms with Crippen LogP contribution in [-0.2, 0) is 6.54 Å². The van der Waals surface area contributed by atoms with Crippen molar-refractivity contribution in [2.24, 2.45) is 5.92 Å². The van der Waals surface area contributed by atoms with Gasteiger partial charge in [0.1, 0.15) is 0 Å². The van der Waals surface area contributed by atoms with Crippen LogP contribution in [0.5, 0.6) is 0 Å². The molecule has 5 nitrogen and oxygen atoms in total. The Kier molecular flexibility index (Phi) is 7.44. The molecule has 3 heterocycles. The largest absolute Gasteiger partial charge is 0.389 e. The number of nitrogens with one attached hydrogen (secondary N) is 1. The molecule has 2 N–H and O–H groups in total. The van der Waals surface area contributed by atoms with E-state index in [1.165, 1.54) is 0 Å². The number of nitrogens with zero attached hydrogens (tertiary/aromatic N) is 3. The molecular formula is C14H26Cl2N4O. The van der Waals surface area contributed by atoms with Crippen molar-refractivity contribution in [3.8, 4) is 0 Å². The maximum atomic E-state index is 10.6. The molecular weight excluding hydrogens is 311 g/mol. The Labute approximate surface area is 138 Å². The molecule has 0 spiro atoms. The van der Waals surface area contributed by atoms with Gasteiger partial charge in [0.15, 0.2) is 0 Å². The minimum absolute atomic E-state index is 0. The van der Waals surface area contributed by atoms with Gasteiger partial charge in [0.25, 0.3) is 0 Å². The number of fused-ring (bicyclic) bond motifs is 1. The molecule has 1 aromatic rings. The van der Waals surface area contributed by atoms with E-state index < -0.39 is 5.60 Å². The Morgan fingerprint density at radius 1 is 1.29 bits per heavy atom. The molecule has 2 aliphatic heterocycles. The van der Waals surface area contributed by atoms with E-state index in [-0.39, 0.29) is 24.8 Å². The number of piperidine rings is 2. The second-order valence-electron chi connectivity index (χ2n) is 5.96. The van der Waals surface area contributed by atoms with Crippen molar-refractivity contribution in [3.63, 3.8) is 0 Å². The molecule has 2 aliphatic rings. The zero-order valence-electron chi connectivity index (χ0n) is 12.3. The van der Waals surface area contributed by atoms with Crippen LogP contribution in [0.15, 0.2) is 18.7 Å². The number of hydrogen-bond donors (Lipinski definition) is 2. The van der Waals surface area contributed by atoms with Crippen molar-refractivity contribution in [2.45, 2.75) is 31.4 Å². The predicted octanol–water partition coefficient (Wildman–Crippen LogP) is 1.16. The van der Waals surface area contributed by atoms with Crippen molar-refractivity contribution >= 4 is 24.8 Å². The summed E-state index contributed by atoms with van der Waals surface area (Å²) in [5, 5.41) is 14.0. The van der Waals surface area contributed by atoms with Gasteiger partial charge in [-0.05, 0) is 32.4 Å². The van der Waals surface area contributed by atoms with E-state index in [0.717, 1.165) is 58.5 Å². The molecule has 122 valence electrons. The summed E-state index contributed by atoms with van der Waals surface area (Å²) < 4.78 is 2.13. The molecule has 2 fully saturated rings. The molecule has 0 aromatic carbocycles. The van der Waals surface area contributed by atoms with Gasteiger partial charge in [0.05, 0.1) is 11.9 Å². The smallest absolute Gasteiger partial charge is 0.0945 e. The van der Waals surface area contributed by atoms with Crippen molar-refractivity contribution in [1.82, 2.24) is 19.8 Å². The number of likely N-dealkylation sites (tertiary alicyclic amines) is 1. The fraction of sp³-hybridized carbons (Fsp3) is 0.786. The molecule has 0 radical (unpaired) electrons. The van der Waals surface area contributed by atoms with Gasteiger partial charge in [-0.2, -0.15) is 0 Å². The SMILES string of the molecule is Cl.Cl.O[C@]12CCNC[C@H]1CN(CCCn1ccnc1)CC2. The van der Waals surface area contributed by atoms with E-state index in [0.29, 0.717) is 5.92 Å². The fourth-order valence-electron chi connectivity index (χ4n) is 3.39. The second kappa shape index (κ2) is 8.34. The summed E-state index contributed by atoms with van der Waals surface area (Å²) >= 11 is 0. The third kappa shape index (κ3) is 4.57. The first-order valence-corrected chi connectivity index (χ1v) is 7.37. The molecule has 1 aromatic heterocycles. The van der Waals surface area contributed by atoms with Gasteiger partial charge in [-0.3, -0.25) is 0 Å². The highest BCUT2D eigenvalue weighted by Gasteiger charge is 2.42. The van der Waals surface area contributed by atoms with Crippen LogP contribution in [0.4, 0.5) is 0 Å². The van der Waals surface area contributed by atoms with Crippen LogP contribution in [0.2, 0.25) is 0 Å². The van der Waals surface area contributed by atoms with Gasteiger partial charge < -0.3 is 19.9 Å².